The number of carbonyl (C=O) groups excluding carboxylic acids is 1. The van der Waals surface area contributed by atoms with Crippen molar-refractivity contribution in [3.05, 3.63) is 30.1 Å². The Morgan fingerprint density at radius 2 is 1.54 bits per heavy atom. The second-order valence-corrected chi connectivity index (χ2v) is 11.2. The molecule has 1 amide bonds. The molecule has 0 bridgehead atoms. The van der Waals surface area contributed by atoms with Gasteiger partial charge in [0, 0.05) is 25.2 Å². The Morgan fingerprint density at radius 1 is 0.974 bits per heavy atom. The Kier molecular flexibility index (Phi) is 11.9. The Bertz CT molecular complexity index is 1290. The van der Waals surface area contributed by atoms with Crippen molar-refractivity contribution in [1.29, 1.82) is 0 Å². The number of hydrogen-bond donors (Lipinski definition) is 2. The maximum Gasteiger partial charge on any atom is 0.330 e. The highest BCUT2D eigenvalue weighted by Gasteiger charge is 2.23. The molecule has 3 rings (SSSR count). The van der Waals surface area contributed by atoms with Gasteiger partial charge in [0.25, 0.3) is 5.91 Å². The molecule has 0 spiro atoms. The molecule has 2 N–H and O–H groups in total. The number of hydrogen-bond acceptors (Lipinski definition) is 11. The second kappa shape index (κ2) is 15.1. The van der Waals surface area contributed by atoms with Gasteiger partial charge in [-0.2, -0.15) is 0 Å². The zero-order chi connectivity index (χ0) is 28.3. The number of pyridine rings is 1. The fraction of sp³-hybridized carbons (Fsp3) is 0.545. The predicted molar refractivity (Wildman–Crippen MR) is 142 cm³/mol. The van der Waals surface area contributed by atoms with Crippen molar-refractivity contribution in [1.82, 2.24) is 40.3 Å². The van der Waals surface area contributed by atoms with E-state index >= 15 is 0 Å². The van der Waals surface area contributed by atoms with Crippen LogP contribution in [0.5, 0.6) is 0 Å². The van der Waals surface area contributed by atoms with Crippen LogP contribution in [0.3, 0.4) is 0 Å². The molecule has 0 aliphatic heterocycles. The second-order valence-electron chi connectivity index (χ2n) is 8.21. The smallest absolute Gasteiger partial charge is 0.330 e. The van der Waals surface area contributed by atoms with E-state index in [-0.39, 0.29) is 18.7 Å². The zero-order valence-corrected chi connectivity index (χ0v) is 24.0. The molecular weight excluding hydrogens is 550 g/mol. The summed E-state index contributed by atoms with van der Waals surface area (Å²) in [6.45, 7) is 7.38. The molecule has 15 nitrogen and oxygen atoms in total. The minimum absolute atomic E-state index is 0.114. The van der Waals surface area contributed by atoms with Crippen LogP contribution in [0.4, 0.5) is 0 Å². The molecule has 0 aromatic carbocycles. The summed E-state index contributed by atoms with van der Waals surface area (Å²) in [6, 6.07) is 3.24. The molecule has 214 valence electrons. The van der Waals surface area contributed by atoms with Crippen molar-refractivity contribution >= 4 is 21.8 Å². The summed E-state index contributed by atoms with van der Waals surface area (Å²) < 4.78 is 41.9. The fourth-order valence-corrected chi connectivity index (χ4v) is 5.58. The van der Waals surface area contributed by atoms with E-state index < -0.39 is 15.9 Å². The van der Waals surface area contributed by atoms with Gasteiger partial charge in [-0.3, -0.25) is 23.3 Å². The monoisotopic (exact) mass is 584 g/mol. The summed E-state index contributed by atoms with van der Waals surface area (Å²) in [4.78, 5) is 26.1. The minimum Gasteiger partial charge on any atom is -0.352 e. The number of rotatable bonds is 17. The molecular formula is C22H34N8O7P2. The van der Waals surface area contributed by atoms with Crippen LogP contribution in [0.25, 0.3) is 22.8 Å². The summed E-state index contributed by atoms with van der Waals surface area (Å²) in [7, 11) is -6.12. The van der Waals surface area contributed by atoms with Gasteiger partial charge in [-0.15, -0.1) is 10.2 Å². The molecule has 0 saturated heterocycles. The zero-order valence-electron chi connectivity index (χ0n) is 22.1. The molecule has 1 atom stereocenters. The average molecular weight is 585 g/mol. The Morgan fingerprint density at radius 3 is 2.05 bits per heavy atom. The van der Waals surface area contributed by atoms with Crippen LogP contribution in [-0.2, 0) is 35.8 Å². The molecule has 0 saturated carbocycles. The topological polar surface area (TPSA) is 185 Å². The highest BCUT2D eigenvalue weighted by molar-refractivity contribution is 7.53. The van der Waals surface area contributed by atoms with Crippen LogP contribution < -0.4 is 5.32 Å². The first kappa shape index (κ1) is 30.7. The summed E-state index contributed by atoms with van der Waals surface area (Å²) in [5, 5.41) is 19.4. The quantitative estimate of drug-likeness (QED) is 0.175. The number of aromatic nitrogens is 7. The average Bonchev–Trinajstić information content (AvgIpc) is 3.57. The van der Waals surface area contributed by atoms with Gasteiger partial charge in [0.1, 0.15) is 11.4 Å². The van der Waals surface area contributed by atoms with Gasteiger partial charge < -0.3 is 23.8 Å². The maximum atomic E-state index is 12.7. The lowest BCUT2D eigenvalue weighted by Gasteiger charge is -2.16. The van der Waals surface area contributed by atoms with Crippen LogP contribution in [0.2, 0.25) is 0 Å². The number of aryl methyl sites for hydroxylation is 2. The van der Waals surface area contributed by atoms with E-state index in [2.05, 4.69) is 30.9 Å². The third kappa shape index (κ3) is 9.41. The van der Waals surface area contributed by atoms with E-state index in [9.17, 15) is 13.9 Å². The number of carbonyl (C=O) groups is 1. The van der Waals surface area contributed by atoms with Gasteiger partial charge >= 0.3 is 15.9 Å². The minimum atomic E-state index is -3.15. The van der Waals surface area contributed by atoms with E-state index in [1.54, 1.807) is 47.7 Å². The fourth-order valence-electron chi connectivity index (χ4n) is 3.61. The standard InChI is InChI=1S/C22H34N8O7P2/c1-4-23-22(31)17-13-18(20-15-29(27-25-20)9-7-11-35-38(32)33)24-19(14-17)21-16-30(28-26-21)10-8-12-39(34,36-5-2)37-6-3/h13-16,38H,4-12H2,1-3H3,(H,23,31)(H,32,33). The molecule has 39 heavy (non-hydrogen) atoms. The van der Waals surface area contributed by atoms with Gasteiger partial charge in [0.2, 0.25) is 0 Å². The van der Waals surface area contributed by atoms with Crippen LogP contribution in [0.15, 0.2) is 24.5 Å². The van der Waals surface area contributed by atoms with Gasteiger partial charge in [0.05, 0.1) is 49.8 Å². The summed E-state index contributed by atoms with van der Waals surface area (Å²) in [6.07, 6.45) is 4.58. The highest BCUT2D eigenvalue weighted by atomic mass is 31.2. The normalized spacial score (nSPS) is 12.5. The third-order valence-electron chi connectivity index (χ3n) is 5.25. The Balaban J connectivity index is 1.78. The largest absolute Gasteiger partial charge is 0.352 e. The van der Waals surface area contributed by atoms with Crippen LogP contribution >= 0.6 is 15.9 Å². The van der Waals surface area contributed by atoms with Gasteiger partial charge in [-0.05, 0) is 45.7 Å². The lowest BCUT2D eigenvalue weighted by molar-refractivity contribution is 0.0955. The van der Waals surface area contributed by atoms with Crippen molar-refractivity contribution in [2.75, 3.05) is 32.5 Å². The molecule has 0 radical (unpaired) electrons. The predicted octanol–water partition coefficient (Wildman–Crippen LogP) is 2.79. The highest BCUT2D eigenvalue weighted by Crippen LogP contribution is 2.48. The molecule has 3 aromatic rings. The SMILES string of the molecule is CCNC(=O)c1cc(-c2cn(CCCO[PH](=O)O)nn2)nc(-c2cn(CCCP(=O)(OCC)OCC)nn2)c1. The lowest BCUT2D eigenvalue weighted by atomic mass is 10.1. The van der Waals surface area contributed by atoms with Crippen molar-refractivity contribution in [3.63, 3.8) is 0 Å². The Labute approximate surface area is 226 Å². The first-order valence-electron chi connectivity index (χ1n) is 12.6. The van der Waals surface area contributed by atoms with E-state index in [0.717, 1.165) is 0 Å². The van der Waals surface area contributed by atoms with Crippen molar-refractivity contribution < 1.29 is 32.4 Å². The maximum absolute atomic E-state index is 12.7. The van der Waals surface area contributed by atoms with E-state index in [4.69, 9.17) is 18.5 Å². The molecule has 3 aromatic heterocycles. The molecule has 1 unspecified atom stereocenters. The van der Waals surface area contributed by atoms with E-state index in [0.29, 0.717) is 74.0 Å². The molecule has 0 aliphatic rings. The molecule has 0 fully saturated rings. The first-order chi connectivity index (χ1) is 18.8. The summed E-state index contributed by atoms with van der Waals surface area (Å²) >= 11 is 0. The number of nitrogens with zero attached hydrogens (tertiary/aromatic N) is 7. The van der Waals surface area contributed by atoms with Crippen LogP contribution in [0, 0.1) is 0 Å². The molecule has 0 aliphatic carbocycles. The van der Waals surface area contributed by atoms with Crippen molar-refractivity contribution in [3.8, 4) is 22.8 Å². The van der Waals surface area contributed by atoms with Gasteiger partial charge in [-0.25, -0.2) is 4.98 Å². The summed E-state index contributed by atoms with van der Waals surface area (Å²) in [5.74, 6) is -0.277. The molecule has 3 heterocycles. The lowest BCUT2D eigenvalue weighted by Crippen LogP contribution is -2.22. The first-order valence-corrected chi connectivity index (χ1v) is 15.6. The molecule has 17 heteroatoms. The Hall–Kier alpha value is -2.80. The van der Waals surface area contributed by atoms with Crippen molar-refractivity contribution in [2.24, 2.45) is 0 Å². The van der Waals surface area contributed by atoms with Gasteiger partial charge in [0.15, 0.2) is 0 Å². The van der Waals surface area contributed by atoms with E-state index in [1.807, 2.05) is 6.92 Å². The van der Waals surface area contributed by atoms with Crippen LogP contribution in [0.1, 0.15) is 44.0 Å². The number of nitrogens with one attached hydrogen (secondary N) is 1. The summed E-state index contributed by atoms with van der Waals surface area (Å²) in [5.41, 5.74) is 2.10. The van der Waals surface area contributed by atoms with Crippen LogP contribution in [-0.4, -0.2) is 78.3 Å². The van der Waals surface area contributed by atoms with Gasteiger partial charge in [-0.1, -0.05) is 10.4 Å². The third-order valence-corrected chi connectivity index (χ3v) is 7.87. The number of amides is 1. The van der Waals surface area contributed by atoms with Crippen molar-refractivity contribution in [2.45, 2.75) is 46.7 Å². The van der Waals surface area contributed by atoms with E-state index in [1.165, 1.54) is 0 Å².